The van der Waals surface area contributed by atoms with Crippen LogP contribution in [0.15, 0.2) is 48.5 Å². The molecule has 0 spiro atoms. The topological polar surface area (TPSA) is 64.4 Å². The lowest BCUT2D eigenvalue weighted by molar-refractivity contribution is -0.116. The molecule has 1 heterocycles. The highest BCUT2D eigenvalue weighted by atomic mass is 16.5. The minimum atomic E-state index is -0.563. The van der Waals surface area contributed by atoms with Gasteiger partial charge in [0.05, 0.1) is 6.61 Å². The number of anilines is 1. The number of benzene rings is 2. The van der Waals surface area contributed by atoms with Gasteiger partial charge in [0.15, 0.2) is 0 Å². The lowest BCUT2D eigenvalue weighted by Gasteiger charge is -2.08. The maximum absolute atomic E-state index is 11.5. The minimum absolute atomic E-state index is 0.161. The summed E-state index contributed by atoms with van der Waals surface area (Å²) < 4.78 is 5.73. The lowest BCUT2D eigenvalue weighted by atomic mass is 10.1. The molecule has 2 aromatic carbocycles. The zero-order chi connectivity index (χ0) is 14.7. The summed E-state index contributed by atoms with van der Waals surface area (Å²) in [6.45, 7) is 0.647. The summed E-state index contributed by atoms with van der Waals surface area (Å²) in [5.74, 6) is 0.599. The molecular weight excluding hydrogens is 264 g/mol. The average Bonchev–Trinajstić information content (AvgIpc) is 2.79. The smallest absolute Gasteiger partial charge is 0.245 e. The van der Waals surface area contributed by atoms with Gasteiger partial charge in [0.2, 0.25) is 5.91 Å². The molecule has 0 aromatic heterocycles. The van der Waals surface area contributed by atoms with Crippen LogP contribution in [0.1, 0.15) is 23.6 Å². The van der Waals surface area contributed by atoms with Crippen LogP contribution in [0.4, 0.5) is 5.69 Å². The Morgan fingerprint density at radius 2 is 1.95 bits per heavy atom. The molecule has 0 bridgehead atoms. The second-order valence-corrected chi connectivity index (χ2v) is 5.15. The summed E-state index contributed by atoms with van der Waals surface area (Å²) >= 11 is 0. The van der Waals surface area contributed by atoms with E-state index in [0.717, 1.165) is 29.8 Å². The average molecular weight is 282 g/mol. The van der Waals surface area contributed by atoms with E-state index in [1.54, 1.807) is 0 Å². The highest BCUT2D eigenvalue weighted by molar-refractivity contribution is 6.02. The van der Waals surface area contributed by atoms with E-state index < -0.39 is 6.04 Å². The van der Waals surface area contributed by atoms with E-state index in [2.05, 4.69) is 17.4 Å². The fraction of sp³-hybridized carbons (Fsp3) is 0.235. The Labute approximate surface area is 123 Å². The number of rotatable bonds is 5. The Morgan fingerprint density at radius 3 is 2.76 bits per heavy atom. The predicted molar refractivity (Wildman–Crippen MR) is 82.3 cm³/mol. The zero-order valence-electron chi connectivity index (χ0n) is 11.7. The number of amides is 1. The normalized spacial score (nSPS) is 16.4. The quantitative estimate of drug-likeness (QED) is 0.829. The van der Waals surface area contributed by atoms with Crippen LogP contribution in [-0.4, -0.2) is 12.5 Å². The van der Waals surface area contributed by atoms with Crippen LogP contribution in [0.2, 0.25) is 0 Å². The van der Waals surface area contributed by atoms with Gasteiger partial charge in [-0.1, -0.05) is 36.4 Å². The van der Waals surface area contributed by atoms with Gasteiger partial charge in [-0.05, 0) is 24.5 Å². The maximum atomic E-state index is 11.5. The molecule has 21 heavy (non-hydrogen) atoms. The summed E-state index contributed by atoms with van der Waals surface area (Å²) in [4.78, 5) is 11.5. The number of fused-ring (bicyclic) bond motifs is 1. The van der Waals surface area contributed by atoms with Gasteiger partial charge in [-0.25, -0.2) is 0 Å². The van der Waals surface area contributed by atoms with Gasteiger partial charge < -0.3 is 15.8 Å². The molecule has 3 rings (SSSR count). The van der Waals surface area contributed by atoms with Crippen LogP contribution in [0.3, 0.4) is 0 Å². The molecule has 0 saturated carbocycles. The van der Waals surface area contributed by atoms with Crippen molar-refractivity contribution in [2.75, 3.05) is 11.9 Å². The number of hydrogen-bond donors (Lipinski definition) is 2. The Bertz CT molecular complexity index is 640. The first-order valence-corrected chi connectivity index (χ1v) is 7.11. The highest BCUT2D eigenvalue weighted by Crippen LogP contribution is 2.32. The number of carbonyl (C=O) groups is 1. The molecule has 1 aliphatic rings. The fourth-order valence-corrected chi connectivity index (χ4v) is 2.47. The minimum Gasteiger partial charge on any atom is -0.494 e. The summed E-state index contributed by atoms with van der Waals surface area (Å²) in [5, 5.41) is 2.76. The molecule has 4 heteroatoms. The first-order valence-electron chi connectivity index (χ1n) is 7.11. The summed E-state index contributed by atoms with van der Waals surface area (Å²) in [6.07, 6.45) is 1.94. The molecule has 0 saturated heterocycles. The number of aryl methyl sites for hydroxylation is 1. The van der Waals surface area contributed by atoms with E-state index in [-0.39, 0.29) is 5.91 Å². The first-order chi connectivity index (χ1) is 10.2. The predicted octanol–water partition coefficient (Wildman–Crippen LogP) is 2.65. The zero-order valence-corrected chi connectivity index (χ0v) is 11.7. The monoisotopic (exact) mass is 282 g/mol. The molecule has 0 aliphatic carbocycles. The fourth-order valence-electron chi connectivity index (χ4n) is 2.47. The van der Waals surface area contributed by atoms with Crippen LogP contribution in [0, 0.1) is 0 Å². The van der Waals surface area contributed by atoms with Gasteiger partial charge in [0.1, 0.15) is 11.8 Å². The molecule has 2 aromatic rings. The van der Waals surface area contributed by atoms with E-state index in [1.165, 1.54) is 5.56 Å². The van der Waals surface area contributed by atoms with Crippen molar-refractivity contribution in [2.24, 2.45) is 5.73 Å². The SMILES string of the molecule is NC1C(=O)Nc2cc(OCCCc3ccccc3)ccc21. The molecule has 1 atom stereocenters. The van der Waals surface area contributed by atoms with Gasteiger partial charge in [-0.15, -0.1) is 0 Å². The summed E-state index contributed by atoms with van der Waals surface area (Å²) in [6, 6.07) is 15.3. The van der Waals surface area contributed by atoms with E-state index in [1.807, 2.05) is 36.4 Å². The Hall–Kier alpha value is -2.33. The van der Waals surface area contributed by atoms with Crippen LogP contribution in [0.25, 0.3) is 0 Å². The third-order valence-corrected chi connectivity index (χ3v) is 3.62. The molecule has 108 valence electrons. The number of carbonyl (C=O) groups excluding carboxylic acids is 1. The van der Waals surface area contributed by atoms with Crippen LogP contribution >= 0.6 is 0 Å². The number of ether oxygens (including phenoxy) is 1. The number of nitrogens with two attached hydrogens (primary N) is 1. The molecule has 3 N–H and O–H groups in total. The standard InChI is InChI=1S/C17H18N2O2/c18-16-14-9-8-13(11-15(14)19-17(16)20)21-10-4-7-12-5-2-1-3-6-12/h1-3,5-6,8-9,11,16H,4,7,10,18H2,(H,19,20). The van der Waals surface area contributed by atoms with E-state index in [0.29, 0.717) is 6.61 Å². The van der Waals surface area contributed by atoms with E-state index in [9.17, 15) is 4.79 Å². The highest BCUT2D eigenvalue weighted by Gasteiger charge is 2.27. The molecule has 0 radical (unpaired) electrons. The molecule has 1 unspecified atom stereocenters. The number of hydrogen-bond acceptors (Lipinski definition) is 3. The van der Waals surface area contributed by atoms with E-state index >= 15 is 0 Å². The van der Waals surface area contributed by atoms with Crippen molar-refractivity contribution in [3.63, 3.8) is 0 Å². The largest absolute Gasteiger partial charge is 0.494 e. The van der Waals surface area contributed by atoms with Crippen LogP contribution < -0.4 is 15.8 Å². The van der Waals surface area contributed by atoms with E-state index in [4.69, 9.17) is 10.5 Å². The second-order valence-electron chi connectivity index (χ2n) is 5.15. The second kappa shape index (κ2) is 5.97. The van der Waals surface area contributed by atoms with Gasteiger partial charge in [-0.2, -0.15) is 0 Å². The van der Waals surface area contributed by atoms with Crippen molar-refractivity contribution >= 4 is 11.6 Å². The van der Waals surface area contributed by atoms with Gasteiger partial charge in [-0.3, -0.25) is 4.79 Å². The molecule has 4 nitrogen and oxygen atoms in total. The molecule has 1 aliphatic heterocycles. The van der Waals surface area contributed by atoms with Crippen molar-refractivity contribution in [3.05, 3.63) is 59.7 Å². The summed E-state index contributed by atoms with van der Waals surface area (Å²) in [5.41, 5.74) is 8.67. The van der Waals surface area contributed by atoms with Crippen molar-refractivity contribution in [1.29, 1.82) is 0 Å². The lowest BCUT2D eigenvalue weighted by Crippen LogP contribution is -2.19. The Balaban J connectivity index is 1.53. The van der Waals surface area contributed by atoms with Crippen molar-refractivity contribution in [3.8, 4) is 5.75 Å². The Kier molecular flexibility index (Phi) is 3.88. The third kappa shape index (κ3) is 3.06. The first kappa shape index (κ1) is 13.6. The third-order valence-electron chi connectivity index (χ3n) is 3.62. The van der Waals surface area contributed by atoms with Gasteiger partial charge >= 0.3 is 0 Å². The van der Waals surface area contributed by atoms with Gasteiger partial charge in [0.25, 0.3) is 0 Å². The van der Waals surface area contributed by atoms with Crippen molar-refractivity contribution in [2.45, 2.75) is 18.9 Å². The molecule has 1 amide bonds. The molecular formula is C17H18N2O2. The van der Waals surface area contributed by atoms with Crippen LogP contribution in [-0.2, 0) is 11.2 Å². The van der Waals surface area contributed by atoms with Crippen LogP contribution in [0.5, 0.6) is 5.75 Å². The van der Waals surface area contributed by atoms with Crippen molar-refractivity contribution < 1.29 is 9.53 Å². The summed E-state index contributed by atoms with van der Waals surface area (Å²) in [7, 11) is 0. The van der Waals surface area contributed by atoms with Crippen molar-refractivity contribution in [1.82, 2.24) is 0 Å². The van der Waals surface area contributed by atoms with Gasteiger partial charge in [0, 0.05) is 17.3 Å². The maximum Gasteiger partial charge on any atom is 0.245 e. The molecule has 0 fully saturated rings. The number of nitrogens with one attached hydrogen (secondary N) is 1. The Morgan fingerprint density at radius 1 is 1.14 bits per heavy atom.